The Hall–Kier alpha value is -2.09. The van der Waals surface area contributed by atoms with Gasteiger partial charge in [-0.15, -0.1) is 0 Å². The van der Waals surface area contributed by atoms with Crippen LogP contribution in [0, 0.1) is 21.7 Å². The maximum atomic E-state index is 13.5. The summed E-state index contributed by atoms with van der Waals surface area (Å²) in [6.45, 7) is -0.393. The van der Waals surface area contributed by atoms with Crippen molar-refractivity contribution in [3.63, 3.8) is 0 Å². The van der Waals surface area contributed by atoms with Gasteiger partial charge in [-0.25, -0.2) is 4.39 Å². The van der Waals surface area contributed by atoms with E-state index in [1.165, 1.54) is 7.05 Å². The maximum Gasteiger partial charge on any atom is 0.307 e. The summed E-state index contributed by atoms with van der Waals surface area (Å²) < 4.78 is 26.7. The predicted molar refractivity (Wildman–Crippen MR) is 57.1 cm³/mol. The number of aliphatic hydroxyl groups is 1. The van der Waals surface area contributed by atoms with Crippen molar-refractivity contribution in [3.8, 4) is 0 Å². The Morgan fingerprint density at radius 1 is 1.44 bits per heavy atom. The number of rotatable bonds is 4. The van der Waals surface area contributed by atoms with E-state index in [0.29, 0.717) is 12.1 Å². The van der Waals surface area contributed by atoms with Gasteiger partial charge in [0.2, 0.25) is 5.82 Å². The lowest BCUT2D eigenvalue weighted by Gasteiger charge is -2.15. The molecule has 1 aromatic carbocycles. The first kappa shape index (κ1) is 14.0. The zero-order valence-electron chi connectivity index (χ0n) is 9.39. The van der Waals surface area contributed by atoms with Crippen molar-refractivity contribution in [1.29, 1.82) is 0 Å². The second-order valence-corrected chi connectivity index (χ2v) is 3.49. The summed E-state index contributed by atoms with van der Waals surface area (Å²) in [5.74, 6) is -3.34. The number of amides is 1. The first-order chi connectivity index (χ1) is 8.38. The molecular weight excluding hydrogens is 250 g/mol. The third-order valence-electron chi connectivity index (χ3n) is 2.25. The van der Waals surface area contributed by atoms with E-state index < -0.39 is 33.7 Å². The zero-order chi connectivity index (χ0) is 13.9. The van der Waals surface area contributed by atoms with Crippen molar-refractivity contribution in [3.05, 3.63) is 39.4 Å². The number of benzene rings is 1. The standard InChI is InChI=1S/C10H10F2N2O4/c1-13(2-3-15)10(16)6-4-8(12)9(14(17)18)5-7(6)11/h4-5,15H,2-3H2,1H3. The summed E-state index contributed by atoms with van der Waals surface area (Å²) in [7, 11) is 1.29. The van der Waals surface area contributed by atoms with E-state index in [9.17, 15) is 23.7 Å². The first-order valence-corrected chi connectivity index (χ1v) is 4.88. The number of halogens is 2. The number of hydrogen-bond donors (Lipinski definition) is 1. The average molecular weight is 260 g/mol. The van der Waals surface area contributed by atoms with E-state index in [0.717, 1.165) is 4.90 Å². The van der Waals surface area contributed by atoms with Crippen molar-refractivity contribution in [2.45, 2.75) is 0 Å². The predicted octanol–water partition coefficient (Wildman–Crippen LogP) is 0.937. The number of nitro groups is 1. The van der Waals surface area contributed by atoms with E-state index in [4.69, 9.17) is 5.11 Å². The first-order valence-electron chi connectivity index (χ1n) is 4.88. The molecule has 0 atom stereocenters. The van der Waals surface area contributed by atoms with Crippen LogP contribution in [0.5, 0.6) is 0 Å². The number of hydrogen-bond acceptors (Lipinski definition) is 4. The highest BCUT2D eigenvalue weighted by atomic mass is 19.1. The number of aliphatic hydroxyl groups excluding tert-OH is 1. The summed E-state index contributed by atoms with van der Waals surface area (Å²) in [5.41, 5.74) is -1.65. The lowest BCUT2D eigenvalue weighted by Crippen LogP contribution is -2.30. The van der Waals surface area contributed by atoms with Crippen LogP contribution in [0.4, 0.5) is 14.5 Å². The van der Waals surface area contributed by atoms with E-state index in [1.807, 2.05) is 0 Å². The summed E-state index contributed by atoms with van der Waals surface area (Å²) in [5, 5.41) is 19.0. The van der Waals surface area contributed by atoms with Crippen molar-refractivity contribution >= 4 is 11.6 Å². The lowest BCUT2D eigenvalue weighted by atomic mass is 10.1. The van der Waals surface area contributed by atoms with Gasteiger partial charge < -0.3 is 10.0 Å². The SMILES string of the molecule is CN(CCO)C(=O)c1cc(F)c([N+](=O)[O-])cc1F. The normalized spacial score (nSPS) is 10.2. The highest BCUT2D eigenvalue weighted by molar-refractivity contribution is 5.94. The number of carbonyl (C=O) groups is 1. The molecule has 0 aliphatic heterocycles. The molecule has 1 rings (SSSR count). The molecule has 1 aromatic rings. The van der Waals surface area contributed by atoms with Gasteiger partial charge in [0, 0.05) is 13.6 Å². The summed E-state index contributed by atoms with van der Waals surface area (Å²) in [6.07, 6.45) is 0. The van der Waals surface area contributed by atoms with Gasteiger partial charge in [0.15, 0.2) is 0 Å². The van der Waals surface area contributed by atoms with Gasteiger partial charge >= 0.3 is 5.69 Å². The molecule has 18 heavy (non-hydrogen) atoms. The monoisotopic (exact) mass is 260 g/mol. The van der Waals surface area contributed by atoms with Gasteiger partial charge in [-0.05, 0) is 6.07 Å². The molecule has 8 heteroatoms. The van der Waals surface area contributed by atoms with Crippen LogP contribution in [0.15, 0.2) is 12.1 Å². The molecule has 0 aliphatic carbocycles. The Labute approximate surface area is 101 Å². The number of nitro benzene ring substituents is 1. The van der Waals surface area contributed by atoms with Crippen LogP contribution in [0.1, 0.15) is 10.4 Å². The Morgan fingerprint density at radius 3 is 2.56 bits per heavy atom. The van der Waals surface area contributed by atoms with Crippen LogP contribution in [0.2, 0.25) is 0 Å². The Morgan fingerprint density at radius 2 is 2.06 bits per heavy atom. The third-order valence-corrected chi connectivity index (χ3v) is 2.25. The Bertz CT molecular complexity index is 493. The van der Waals surface area contributed by atoms with Crippen LogP contribution in [-0.2, 0) is 0 Å². The second kappa shape index (κ2) is 5.50. The molecule has 0 fully saturated rings. The Kier molecular flexibility index (Phi) is 4.27. The highest BCUT2D eigenvalue weighted by Gasteiger charge is 2.23. The molecule has 0 bridgehead atoms. The topological polar surface area (TPSA) is 83.7 Å². The van der Waals surface area contributed by atoms with Gasteiger partial charge in [0.1, 0.15) is 5.82 Å². The van der Waals surface area contributed by atoms with E-state index in [2.05, 4.69) is 0 Å². The summed E-state index contributed by atoms with van der Waals surface area (Å²) in [6, 6.07) is 0.832. The number of nitrogens with zero attached hydrogens (tertiary/aromatic N) is 2. The summed E-state index contributed by atoms with van der Waals surface area (Å²) in [4.78, 5) is 21.9. The molecule has 98 valence electrons. The molecule has 0 radical (unpaired) electrons. The molecule has 0 saturated heterocycles. The van der Waals surface area contributed by atoms with Crippen LogP contribution in [0.3, 0.4) is 0 Å². The van der Waals surface area contributed by atoms with Gasteiger partial charge in [0.25, 0.3) is 5.91 Å². The maximum absolute atomic E-state index is 13.5. The molecular formula is C10H10F2N2O4. The van der Waals surface area contributed by atoms with Crippen molar-refractivity contribution in [2.75, 3.05) is 20.2 Å². The molecule has 0 heterocycles. The van der Waals surface area contributed by atoms with Crippen LogP contribution in [0.25, 0.3) is 0 Å². The van der Waals surface area contributed by atoms with E-state index in [1.54, 1.807) is 0 Å². The number of likely N-dealkylation sites (N-methyl/N-ethyl adjacent to an activating group) is 1. The fourth-order valence-electron chi connectivity index (χ4n) is 1.30. The fourth-order valence-corrected chi connectivity index (χ4v) is 1.30. The minimum Gasteiger partial charge on any atom is -0.395 e. The smallest absolute Gasteiger partial charge is 0.307 e. The van der Waals surface area contributed by atoms with Crippen molar-refractivity contribution in [2.24, 2.45) is 0 Å². The quantitative estimate of drug-likeness (QED) is 0.645. The molecule has 6 nitrogen and oxygen atoms in total. The second-order valence-electron chi connectivity index (χ2n) is 3.49. The third kappa shape index (κ3) is 2.77. The van der Waals surface area contributed by atoms with Gasteiger partial charge in [-0.2, -0.15) is 4.39 Å². The highest BCUT2D eigenvalue weighted by Crippen LogP contribution is 2.22. The van der Waals surface area contributed by atoms with Gasteiger partial charge in [-0.1, -0.05) is 0 Å². The van der Waals surface area contributed by atoms with Crippen molar-refractivity contribution in [1.82, 2.24) is 4.90 Å². The average Bonchev–Trinajstić information content (AvgIpc) is 2.30. The fraction of sp³-hybridized carbons (Fsp3) is 0.300. The summed E-state index contributed by atoms with van der Waals surface area (Å²) >= 11 is 0. The number of carbonyl (C=O) groups excluding carboxylic acids is 1. The Balaban J connectivity index is 3.15. The van der Waals surface area contributed by atoms with Gasteiger partial charge in [-0.3, -0.25) is 14.9 Å². The minimum absolute atomic E-state index is 0.0587. The molecule has 0 aliphatic rings. The molecule has 0 aromatic heterocycles. The molecule has 1 N–H and O–H groups in total. The molecule has 0 spiro atoms. The van der Waals surface area contributed by atoms with E-state index >= 15 is 0 Å². The minimum atomic E-state index is -1.29. The lowest BCUT2D eigenvalue weighted by molar-refractivity contribution is -0.387. The van der Waals surface area contributed by atoms with E-state index in [-0.39, 0.29) is 13.2 Å². The zero-order valence-corrected chi connectivity index (χ0v) is 9.39. The van der Waals surface area contributed by atoms with Crippen LogP contribution in [-0.4, -0.2) is 41.0 Å². The largest absolute Gasteiger partial charge is 0.395 e. The van der Waals surface area contributed by atoms with Crippen LogP contribution >= 0.6 is 0 Å². The van der Waals surface area contributed by atoms with Crippen LogP contribution < -0.4 is 0 Å². The molecule has 1 amide bonds. The van der Waals surface area contributed by atoms with Gasteiger partial charge in [0.05, 0.1) is 23.2 Å². The molecule has 0 unspecified atom stereocenters. The molecule has 0 saturated carbocycles. The van der Waals surface area contributed by atoms with Crippen molar-refractivity contribution < 1.29 is 23.6 Å².